The van der Waals surface area contributed by atoms with Crippen LogP contribution in [0.15, 0.2) is 12.7 Å². The number of hydrogen-bond acceptors (Lipinski definition) is 3. The number of allylic oxidation sites excluding steroid dienone is 1. The van der Waals surface area contributed by atoms with E-state index in [1.54, 1.807) is 0 Å². The molecule has 0 aliphatic heterocycles. The van der Waals surface area contributed by atoms with Crippen LogP contribution in [0.5, 0.6) is 0 Å². The Hall–Kier alpha value is -1.89. The van der Waals surface area contributed by atoms with Crippen molar-refractivity contribution < 1.29 is 34.2 Å². The van der Waals surface area contributed by atoms with Crippen molar-refractivity contribution in [3.8, 4) is 0 Å². The number of unbranched alkanes of at least 4 members (excludes halogenated alkanes) is 4. The molecule has 0 rings (SSSR count). The molecule has 21 heavy (non-hydrogen) atoms. The first-order chi connectivity index (χ1) is 9.81. The summed E-state index contributed by atoms with van der Waals surface area (Å²) >= 11 is 0. The molecule has 0 unspecified atom stereocenters. The normalized spacial score (nSPS) is 11.0. The Labute approximate surface area is 124 Å². The summed E-state index contributed by atoms with van der Waals surface area (Å²) in [6.07, 6.45) is 6.04. The maximum absolute atomic E-state index is 10.9. The molecule has 0 aromatic carbocycles. The lowest BCUT2D eigenvalue weighted by molar-refractivity contribution is -0.907. The van der Waals surface area contributed by atoms with Crippen LogP contribution in [0.4, 0.5) is 0 Å². The van der Waals surface area contributed by atoms with E-state index in [-0.39, 0.29) is 6.54 Å². The molecule has 3 N–H and O–H groups in total. The fraction of sp³-hybridized carbons (Fsp3) is 0.643. The zero-order chi connectivity index (χ0) is 16.3. The average Bonchev–Trinajstić information content (AvgIpc) is 2.30. The van der Waals surface area contributed by atoms with Crippen LogP contribution in [0.25, 0.3) is 0 Å². The molecule has 0 radical (unpaired) electrons. The molecule has 0 spiro atoms. The lowest BCUT2D eigenvalue weighted by Crippen LogP contribution is -2.57. The third kappa shape index (κ3) is 9.61. The Bertz CT molecular complexity index is 339. The molecular formula is C14H24NO6+. The number of hydrogen-bond donors (Lipinski definition) is 3. The summed E-state index contributed by atoms with van der Waals surface area (Å²) < 4.78 is -0.457. The summed E-state index contributed by atoms with van der Waals surface area (Å²) in [5.41, 5.74) is 0. The average molecular weight is 302 g/mol. The molecule has 0 saturated heterocycles. The van der Waals surface area contributed by atoms with Crippen molar-refractivity contribution in [1.29, 1.82) is 0 Å². The van der Waals surface area contributed by atoms with E-state index >= 15 is 0 Å². The quantitative estimate of drug-likeness (QED) is 0.268. The Morgan fingerprint density at radius 2 is 1.24 bits per heavy atom. The summed E-state index contributed by atoms with van der Waals surface area (Å²) in [5.74, 6) is -3.57. The van der Waals surface area contributed by atoms with E-state index < -0.39 is 42.0 Å². The lowest BCUT2D eigenvalue weighted by Gasteiger charge is -2.34. The second kappa shape index (κ2) is 9.93. The number of aliphatic carboxylic acids is 3. The minimum absolute atomic E-state index is 0.235. The van der Waals surface area contributed by atoms with Crippen LogP contribution >= 0.6 is 0 Å². The standard InChI is InChI=1S/C14H23NO6/c1-2-3-4-5-6-7-8-15(9-12(16)17,10-13(18)19)11-14(20)21/h2H,1,3-11H2,(H2-,16,17,18,19,20,21)/p+1. The lowest BCUT2D eigenvalue weighted by atomic mass is 10.1. The number of nitrogens with zero attached hydrogens (tertiary/aromatic N) is 1. The van der Waals surface area contributed by atoms with Crippen molar-refractivity contribution in [2.24, 2.45) is 0 Å². The van der Waals surface area contributed by atoms with Gasteiger partial charge in [-0.2, -0.15) is 0 Å². The van der Waals surface area contributed by atoms with Gasteiger partial charge in [-0.05, 0) is 25.7 Å². The summed E-state index contributed by atoms with van der Waals surface area (Å²) in [7, 11) is 0. The molecule has 0 saturated carbocycles. The van der Waals surface area contributed by atoms with E-state index in [2.05, 4.69) is 6.58 Å². The van der Waals surface area contributed by atoms with E-state index in [0.29, 0.717) is 6.42 Å². The molecule has 0 heterocycles. The maximum Gasteiger partial charge on any atom is 0.359 e. The second-order valence-corrected chi connectivity index (χ2v) is 5.21. The van der Waals surface area contributed by atoms with E-state index in [1.807, 2.05) is 6.08 Å². The first-order valence-electron chi connectivity index (χ1n) is 6.93. The minimum atomic E-state index is -1.19. The van der Waals surface area contributed by atoms with E-state index in [0.717, 1.165) is 25.7 Å². The van der Waals surface area contributed by atoms with Crippen LogP contribution in [0, 0.1) is 0 Å². The number of carboxylic acids is 3. The monoisotopic (exact) mass is 302 g/mol. The molecule has 0 aliphatic carbocycles. The molecule has 0 aliphatic rings. The maximum atomic E-state index is 10.9. The molecule has 7 heteroatoms. The van der Waals surface area contributed by atoms with Crippen molar-refractivity contribution in [1.82, 2.24) is 0 Å². The molecule has 0 amide bonds. The highest BCUT2D eigenvalue weighted by molar-refractivity contribution is 5.73. The van der Waals surface area contributed by atoms with Crippen LogP contribution in [-0.4, -0.2) is 63.9 Å². The number of carboxylic acid groups (broad SMARTS) is 3. The van der Waals surface area contributed by atoms with E-state index in [4.69, 9.17) is 15.3 Å². The van der Waals surface area contributed by atoms with Gasteiger partial charge in [0.2, 0.25) is 0 Å². The fourth-order valence-corrected chi connectivity index (χ4v) is 2.36. The van der Waals surface area contributed by atoms with Crippen LogP contribution < -0.4 is 0 Å². The van der Waals surface area contributed by atoms with Gasteiger partial charge in [0.05, 0.1) is 6.54 Å². The van der Waals surface area contributed by atoms with Crippen LogP contribution in [0.1, 0.15) is 32.1 Å². The van der Waals surface area contributed by atoms with Crippen LogP contribution in [0.2, 0.25) is 0 Å². The number of carbonyl (C=O) groups is 3. The zero-order valence-corrected chi connectivity index (χ0v) is 12.2. The molecule has 0 bridgehead atoms. The predicted octanol–water partition coefficient (Wildman–Crippen LogP) is 1.19. The molecular weight excluding hydrogens is 278 g/mol. The largest absolute Gasteiger partial charge is 0.477 e. The predicted molar refractivity (Wildman–Crippen MR) is 75.9 cm³/mol. The number of quaternary nitrogens is 1. The van der Waals surface area contributed by atoms with Gasteiger partial charge in [-0.1, -0.05) is 12.5 Å². The molecule has 0 aromatic heterocycles. The fourth-order valence-electron chi connectivity index (χ4n) is 2.36. The first-order valence-corrected chi connectivity index (χ1v) is 6.93. The van der Waals surface area contributed by atoms with Gasteiger partial charge < -0.3 is 15.3 Å². The first kappa shape index (κ1) is 19.1. The molecule has 0 aromatic rings. The van der Waals surface area contributed by atoms with Gasteiger partial charge in [-0.3, -0.25) is 4.48 Å². The van der Waals surface area contributed by atoms with Gasteiger partial charge in [0.25, 0.3) is 0 Å². The van der Waals surface area contributed by atoms with Crippen molar-refractivity contribution >= 4 is 17.9 Å². The van der Waals surface area contributed by atoms with Gasteiger partial charge in [-0.15, -0.1) is 6.58 Å². The highest BCUT2D eigenvalue weighted by Gasteiger charge is 2.35. The molecule has 7 nitrogen and oxygen atoms in total. The second-order valence-electron chi connectivity index (χ2n) is 5.21. The molecule has 120 valence electrons. The third-order valence-electron chi connectivity index (χ3n) is 3.20. The van der Waals surface area contributed by atoms with E-state index in [9.17, 15) is 14.4 Å². The van der Waals surface area contributed by atoms with Gasteiger partial charge in [0.15, 0.2) is 19.6 Å². The van der Waals surface area contributed by atoms with Gasteiger partial charge in [0.1, 0.15) is 0 Å². The van der Waals surface area contributed by atoms with Crippen molar-refractivity contribution in [2.75, 3.05) is 26.2 Å². The minimum Gasteiger partial charge on any atom is -0.477 e. The highest BCUT2D eigenvalue weighted by atomic mass is 16.4. The van der Waals surface area contributed by atoms with Gasteiger partial charge in [-0.25, -0.2) is 14.4 Å². The Morgan fingerprint density at radius 1 is 0.810 bits per heavy atom. The third-order valence-corrected chi connectivity index (χ3v) is 3.20. The van der Waals surface area contributed by atoms with Gasteiger partial charge in [0, 0.05) is 0 Å². The Balaban J connectivity index is 4.65. The topological polar surface area (TPSA) is 112 Å². The van der Waals surface area contributed by atoms with Crippen molar-refractivity contribution in [3.05, 3.63) is 12.7 Å². The summed E-state index contributed by atoms with van der Waals surface area (Å²) in [4.78, 5) is 32.8. The van der Waals surface area contributed by atoms with Crippen LogP contribution in [-0.2, 0) is 14.4 Å². The van der Waals surface area contributed by atoms with Crippen LogP contribution in [0.3, 0.4) is 0 Å². The Kier molecular flexibility index (Phi) is 9.03. The SMILES string of the molecule is C=CCCCCCC[N+](CC(=O)O)(CC(=O)O)CC(=O)O. The number of rotatable bonds is 13. The molecule has 0 atom stereocenters. The van der Waals surface area contributed by atoms with Crippen molar-refractivity contribution in [2.45, 2.75) is 32.1 Å². The summed E-state index contributed by atoms with van der Waals surface area (Å²) in [6.45, 7) is 2.37. The smallest absolute Gasteiger partial charge is 0.359 e. The van der Waals surface area contributed by atoms with Gasteiger partial charge >= 0.3 is 17.9 Å². The Morgan fingerprint density at radius 3 is 1.62 bits per heavy atom. The highest BCUT2D eigenvalue weighted by Crippen LogP contribution is 2.12. The van der Waals surface area contributed by atoms with E-state index in [1.165, 1.54) is 0 Å². The van der Waals surface area contributed by atoms with Crippen molar-refractivity contribution in [3.63, 3.8) is 0 Å². The molecule has 0 fully saturated rings. The summed E-state index contributed by atoms with van der Waals surface area (Å²) in [6, 6.07) is 0. The summed E-state index contributed by atoms with van der Waals surface area (Å²) in [5, 5.41) is 26.8. The zero-order valence-electron chi connectivity index (χ0n) is 12.2.